The standard InChI is InChI=1S/C15H21NO2S/c1-19-10-11-5-4-6-12(9-11)15(18)16-13-7-2-3-8-14(13)17/h4-6,9,13-14,17H,2-3,7-8,10H2,1H3,(H,16,18)/t13-,14-/m1/s1. The molecular weight excluding hydrogens is 258 g/mol. The Balaban J connectivity index is 2.00. The molecule has 2 atom stereocenters. The maximum atomic E-state index is 12.2. The van der Waals surface area contributed by atoms with Gasteiger partial charge in [0.05, 0.1) is 12.1 Å². The number of carbonyl (C=O) groups excluding carboxylic acids is 1. The smallest absolute Gasteiger partial charge is 0.251 e. The number of carbonyl (C=O) groups is 1. The van der Waals surface area contributed by atoms with Crippen molar-refractivity contribution in [3.63, 3.8) is 0 Å². The molecular formula is C15H21NO2S. The second kappa shape index (κ2) is 6.96. The molecule has 104 valence electrons. The highest BCUT2D eigenvalue weighted by molar-refractivity contribution is 7.97. The van der Waals surface area contributed by atoms with Crippen LogP contribution in [-0.4, -0.2) is 29.4 Å². The number of hydrogen-bond donors (Lipinski definition) is 2. The quantitative estimate of drug-likeness (QED) is 0.890. The van der Waals surface area contributed by atoms with Gasteiger partial charge in [0.15, 0.2) is 0 Å². The Morgan fingerprint density at radius 2 is 2.21 bits per heavy atom. The van der Waals surface area contributed by atoms with Crippen LogP contribution in [-0.2, 0) is 5.75 Å². The largest absolute Gasteiger partial charge is 0.391 e. The van der Waals surface area contributed by atoms with Gasteiger partial charge < -0.3 is 10.4 Å². The minimum atomic E-state index is -0.396. The Bertz CT molecular complexity index is 436. The summed E-state index contributed by atoms with van der Waals surface area (Å²) in [7, 11) is 0. The number of rotatable bonds is 4. The molecule has 3 nitrogen and oxygen atoms in total. The molecule has 0 spiro atoms. The lowest BCUT2D eigenvalue weighted by atomic mass is 9.92. The molecule has 0 aliphatic heterocycles. The van der Waals surface area contributed by atoms with E-state index < -0.39 is 6.10 Å². The first kappa shape index (κ1) is 14.4. The first-order chi connectivity index (χ1) is 9.20. The predicted molar refractivity (Wildman–Crippen MR) is 79.4 cm³/mol. The van der Waals surface area contributed by atoms with Gasteiger partial charge in [0.25, 0.3) is 5.91 Å². The molecule has 0 bridgehead atoms. The Morgan fingerprint density at radius 1 is 1.42 bits per heavy atom. The van der Waals surface area contributed by atoms with Gasteiger partial charge in [-0.15, -0.1) is 0 Å². The molecule has 1 aliphatic carbocycles. The van der Waals surface area contributed by atoms with E-state index in [0.29, 0.717) is 5.56 Å². The first-order valence-corrected chi connectivity index (χ1v) is 8.17. The summed E-state index contributed by atoms with van der Waals surface area (Å²) in [5.74, 6) is 0.835. The van der Waals surface area contributed by atoms with Crippen LogP contribution in [0.25, 0.3) is 0 Å². The van der Waals surface area contributed by atoms with E-state index >= 15 is 0 Å². The summed E-state index contributed by atoms with van der Waals surface area (Å²) in [6.45, 7) is 0. The zero-order valence-electron chi connectivity index (χ0n) is 11.3. The average Bonchev–Trinajstić information content (AvgIpc) is 2.42. The third-order valence-corrected chi connectivity index (χ3v) is 4.17. The van der Waals surface area contributed by atoms with Gasteiger partial charge in [-0.1, -0.05) is 25.0 Å². The summed E-state index contributed by atoms with van der Waals surface area (Å²) < 4.78 is 0. The summed E-state index contributed by atoms with van der Waals surface area (Å²) in [5, 5.41) is 12.8. The summed E-state index contributed by atoms with van der Waals surface area (Å²) in [6, 6.07) is 7.61. The van der Waals surface area contributed by atoms with Gasteiger partial charge in [0.2, 0.25) is 0 Å². The van der Waals surface area contributed by atoms with Crippen molar-refractivity contribution in [2.45, 2.75) is 43.6 Å². The van der Waals surface area contributed by atoms with Crippen LogP contribution in [0.3, 0.4) is 0 Å². The highest BCUT2D eigenvalue weighted by Crippen LogP contribution is 2.19. The van der Waals surface area contributed by atoms with Crippen LogP contribution in [0.15, 0.2) is 24.3 Å². The number of aliphatic hydroxyl groups excluding tert-OH is 1. The third kappa shape index (κ3) is 3.98. The lowest BCUT2D eigenvalue weighted by Gasteiger charge is -2.28. The van der Waals surface area contributed by atoms with Gasteiger partial charge in [-0.2, -0.15) is 11.8 Å². The van der Waals surface area contributed by atoms with Crippen molar-refractivity contribution < 1.29 is 9.90 Å². The molecule has 2 N–H and O–H groups in total. The van der Waals surface area contributed by atoms with E-state index in [1.807, 2.05) is 30.5 Å². The molecule has 19 heavy (non-hydrogen) atoms. The lowest BCUT2D eigenvalue weighted by molar-refractivity contribution is 0.0717. The Labute approximate surface area is 118 Å². The van der Waals surface area contributed by atoms with Gasteiger partial charge in [-0.3, -0.25) is 4.79 Å². The van der Waals surface area contributed by atoms with Gasteiger partial charge >= 0.3 is 0 Å². The molecule has 0 heterocycles. The number of nitrogens with one attached hydrogen (secondary N) is 1. The Hall–Kier alpha value is -1.00. The van der Waals surface area contributed by atoms with E-state index in [4.69, 9.17) is 0 Å². The predicted octanol–water partition coefficient (Wildman–Crippen LogP) is 2.58. The molecule has 0 aromatic heterocycles. The van der Waals surface area contributed by atoms with E-state index in [9.17, 15) is 9.90 Å². The highest BCUT2D eigenvalue weighted by Gasteiger charge is 2.24. The van der Waals surface area contributed by atoms with Gasteiger partial charge in [0.1, 0.15) is 0 Å². The topological polar surface area (TPSA) is 49.3 Å². The molecule has 2 rings (SSSR count). The monoisotopic (exact) mass is 279 g/mol. The zero-order valence-corrected chi connectivity index (χ0v) is 12.1. The molecule has 1 saturated carbocycles. The maximum absolute atomic E-state index is 12.2. The Kier molecular flexibility index (Phi) is 5.28. The molecule has 1 aliphatic rings. The highest BCUT2D eigenvalue weighted by atomic mass is 32.2. The third-order valence-electron chi connectivity index (χ3n) is 3.55. The summed E-state index contributed by atoms with van der Waals surface area (Å²) in [4.78, 5) is 12.2. The number of hydrogen-bond acceptors (Lipinski definition) is 3. The van der Waals surface area contributed by atoms with Crippen LogP contribution in [0.2, 0.25) is 0 Å². The fourth-order valence-electron chi connectivity index (χ4n) is 2.50. The van der Waals surface area contributed by atoms with Crippen molar-refractivity contribution >= 4 is 17.7 Å². The van der Waals surface area contributed by atoms with Crippen LogP contribution < -0.4 is 5.32 Å². The molecule has 1 fully saturated rings. The zero-order chi connectivity index (χ0) is 13.7. The fraction of sp³-hybridized carbons (Fsp3) is 0.533. The molecule has 0 radical (unpaired) electrons. The minimum Gasteiger partial charge on any atom is -0.391 e. The number of aliphatic hydroxyl groups is 1. The molecule has 4 heteroatoms. The van der Waals surface area contributed by atoms with Crippen molar-refractivity contribution in [1.82, 2.24) is 5.32 Å². The summed E-state index contributed by atoms with van der Waals surface area (Å²) in [6.07, 6.45) is 5.44. The number of thioether (sulfide) groups is 1. The molecule has 0 unspecified atom stereocenters. The van der Waals surface area contributed by atoms with Crippen LogP contribution in [0, 0.1) is 0 Å². The van der Waals surface area contributed by atoms with E-state index in [2.05, 4.69) is 5.32 Å². The molecule has 1 aromatic rings. The van der Waals surface area contributed by atoms with E-state index in [-0.39, 0.29) is 11.9 Å². The van der Waals surface area contributed by atoms with Crippen molar-refractivity contribution in [3.05, 3.63) is 35.4 Å². The second-order valence-corrected chi connectivity index (χ2v) is 5.93. The van der Waals surface area contributed by atoms with Crippen molar-refractivity contribution in [2.75, 3.05) is 6.26 Å². The van der Waals surface area contributed by atoms with Crippen LogP contribution in [0.4, 0.5) is 0 Å². The Morgan fingerprint density at radius 3 is 2.95 bits per heavy atom. The van der Waals surface area contributed by atoms with Gasteiger partial charge in [0, 0.05) is 11.3 Å². The summed E-state index contributed by atoms with van der Waals surface area (Å²) in [5.41, 5.74) is 1.84. The maximum Gasteiger partial charge on any atom is 0.251 e. The molecule has 0 saturated heterocycles. The van der Waals surface area contributed by atoms with Crippen molar-refractivity contribution in [2.24, 2.45) is 0 Å². The van der Waals surface area contributed by atoms with Crippen LogP contribution in [0.1, 0.15) is 41.6 Å². The number of amides is 1. The first-order valence-electron chi connectivity index (χ1n) is 6.77. The SMILES string of the molecule is CSCc1cccc(C(=O)N[C@@H]2CCCC[C@H]2O)c1. The van der Waals surface area contributed by atoms with Crippen LogP contribution in [0.5, 0.6) is 0 Å². The molecule has 1 aromatic carbocycles. The van der Waals surface area contributed by atoms with E-state index in [1.54, 1.807) is 11.8 Å². The normalized spacial score (nSPS) is 23.1. The van der Waals surface area contributed by atoms with Gasteiger partial charge in [-0.25, -0.2) is 0 Å². The van der Waals surface area contributed by atoms with Crippen molar-refractivity contribution in [3.8, 4) is 0 Å². The van der Waals surface area contributed by atoms with E-state index in [0.717, 1.165) is 37.0 Å². The second-order valence-electron chi connectivity index (χ2n) is 5.07. The van der Waals surface area contributed by atoms with E-state index in [1.165, 1.54) is 0 Å². The van der Waals surface area contributed by atoms with Crippen LogP contribution >= 0.6 is 11.8 Å². The summed E-state index contributed by atoms with van der Waals surface area (Å²) >= 11 is 1.74. The molecule has 1 amide bonds. The fourth-order valence-corrected chi connectivity index (χ4v) is 3.01. The van der Waals surface area contributed by atoms with Crippen molar-refractivity contribution in [1.29, 1.82) is 0 Å². The lowest BCUT2D eigenvalue weighted by Crippen LogP contribution is -2.45. The number of benzene rings is 1. The average molecular weight is 279 g/mol. The van der Waals surface area contributed by atoms with Gasteiger partial charge in [-0.05, 0) is 36.8 Å². The minimum absolute atomic E-state index is 0.0751.